The van der Waals surface area contributed by atoms with E-state index in [1.54, 1.807) is 0 Å². The van der Waals surface area contributed by atoms with Gasteiger partial charge in [-0.25, -0.2) is 8.78 Å². The third-order valence-electron chi connectivity index (χ3n) is 2.36. The zero-order valence-corrected chi connectivity index (χ0v) is 9.02. The van der Waals surface area contributed by atoms with E-state index in [-0.39, 0.29) is 19.0 Å². The normalized spacial score (nSPS) is 25.2. The molecular formula is C10H10BrF2N. The van der Waals surface area contributed by atoms with Gasteiger partial charge in [0, 0.05) is 16.9 Å². The Labute approximate surface area is 89.6 Å². The van der Waals surface area contributed by atoms with Crippen LogP contribution in [0.5, 0.6) is 0 Å². The number of nitrogens with one attached hydrogen (secondary N) is 1. The summed E-state index contributed by atoms with van der Waals surface area (Å²) in [5, 5.41) is 2.82. The van der Waals surface area contributed by atoms with Crippen molar-refractivity contribution in [1.29, 1.82) is 0 Å². The number of alkyl halides is 2. The van der Waals surface area contributed by atoms with Crippen LogP contribution in [0.4, 0.5) is 8.78 Å². The van der Waals surface area contributed by atoms with Crippen molar-refractivity contribution in [2.24, 2.45) is 0 Å². The molecule has 0 radical (unpaired) electrons. The highest BCUT2D eigenvalue weighted by atomic mass is 79.9. The lowest BCUT2D eigenvalue weighted by Gasteiger charge is -2.10. The Morgan fingerprint density at radius 3 is 2.79 bits per heavy atom. The van der Waals surface area contributed by atoms with Gasteiger partial charge in [0.25, 0.3) is 5.92 Å². The number of hydrogen-bond donors (Lipinski definition) is 1. The average molecular weight is 262 g/mol. The molecule has 1 aromatic carbocycles. The van der Waals surface area contributed by atoms with Crippen LogP contribution in [0.2, 0.25) is 0 Å². The van der Waals surface area contributed by atoms with Crippen LogP contribution < -0.4 is 5.32 Å². The van der Waals surface area contributed by atoms with Crippen molar-refractivity contribution in [3.63, 3.8) is 0 Å². The fourth-order valence-corrected chi connectivity index (χ4v) is 2.09. The third kappa shape index (κ3) is 2.12. The van der Waals surface area contributed by atoms with E-state index in [1.165, 1.54) is 0 Å². The summed E-state index contributed by atoms with van der Waals surface area (Å²) in [5.74, 6) is -2.56. The van der Waals surface area contributed by atoms with E-state index >= 15 is 0 Å². The molecule has 0 amide bonds. The van der Waals surface area contributed by atoms with Crippen LogP contribution >= 0.6 is 15.9 Å². The van der Waals surface area contributed by atoms with E-state index in [1.807, 2.05) is 24.3 Å². The second-order valence-electron chi connectivity index (χ2n) is 3.55. The Hall–Kier alpha value is -0.480. The molecule has 4 heteroatoms. The van der Waals surface area contributed by atoms with Crippen LogP contribution in [0.25, 0.3) is 0 Å². The van der Waals surface area contributed by atoms with Gasteiger partial charge in [-0.2, -0.15) is 0 Å². The summed E-state index contributed by atoms with van der Waals surface area (Å²) in [6, 6.07) is 7.26. The molecule has 0 aromatic heterocycles. The fourth-order valence-electron chi connectivity index (χ4n) is 1.67. The molecule has 1 atom stereocenters. The molecule has 0 spiro atoms. The smallest absolute Gasteiger partial charge is 0.262 e. The molecule has 1 heterocycles. The highest BCUT2D eigenvalue weighted by molar-refractivity contribution is 9.10. The molecule has 1 unspecified atom stereocenters. The van der Waals surface area contributed by atoms with E-state index in [4.69, 9.17) is 0 Å². The van der Waals surface area contributed by atoms with Gasteiger partial charge in [-0.3, -0.25) is 0 Å². The van der Waals surface area contributed by atoms with Gasteiger partial charge in [-0.1, -0.05) is 28.1 Å². The van der Waals surface area contributed by atoms with Crippen LogP contribution in [0.3, 0.4) is 0 Å². The van der Waals surface area contributed by atoms with Crippen LogP contribution in [0, 0.1) is 0 Å². The Morgan fingerprint density at radius 1 is 1.43 bits per heavy atom. The molecule has 1 fully saturated rings. The van der Waals surface area contributed by atoms with Crippen molar-refractivity contribution in [2.75, 3.05) is 6.54 Å². The highest BCUT2D eigenvalue weighted by Gasteiger charge is 2.39. The first kappa shape index (κ1) is 10.1. The summed E-state index contributed by atoms with van der Waals surface area (Å²) < 4.78 is 26.7. The molecule has 2 rings (SSSR count). The lowest BCUT2D eigenvalue weighted by atomic mass is 10.0. The zero-order chi connectivity index (χ0) is 10.2. The third-order valence-corrected chi connectivity index (χ3v) is 2.85. The number of benzene rings is 1. The minimum Gasteiger partial charge on any atom is -0.304 e. The largest absolute Gasteiger partial charge is 0.304 e. The molecule has 1 aliphatic heterocycles. The zero-order valence-electron chi connectivity index (χ0n) is 7.43. The minimum atomic E-state index is -2.56. The molecule has 1 nitrogen and oxygen atoms in total. The van der Waals surface area contributed by atoms with E-state index in [0.29, 0.717) is 0 Å². The topological polar surface area (TPSA) is 12.0 Å². The Balaban J connectivity index is 2.17. The second kappa shape index (κ2) is 3.59. The maximum absolute atomic E-state index is 12.9. The SMILES string of the molecule is FC1(F)CNC(c2cccc(Br)c2)C1. The molecule has 1 saturated heterocycles. The molecule has 0 saturated carbocycles. The van der Waals surface area contributed by atoms with E-state index in [9.17, 15) is 8.78 Å². The summed E-state index contributed by atoms with van der Waals surface area (Å²) in [4.78, 5) is 0. The summed E-state index contributed by atoms with van der Waals surface area (Å²) in [7, 11) is 0. The first-order valence-electron chi connectivity index (χ1n) is 4.43. The molecule has 1 N–H and O–H groups in total. The predicted octanol–water partition coefficient (Wildman–Crippen LogP) is 3.12. The fraction of sp³-hybridized carbons (Fsp3) is 0.400. The highest BCUT2D eigenvalue weighted by Crippen LogP contribution is 2.34. The number of hydrogen-bond acceptors (Lipinski definition) is 1. The minimum absolute atomic E-state index is 0.108. The first-order valence-corrected chi connectivity index (χ1v) is 5.23. The average Bonchev–Trinajstić information content (AvgIpc) is 2.46. The Kier molecular flexibility index (Phi) is 2.58. The van der Waals surface area contributed by atoms with Crippen molar-refractivity contribution in [3.05, 3.63) is 34.3 Å². The van der Waals surface area contributed by atoms with Crippen LogP contribution in [0.1, 0.15) is 18.0 Å². The quantitative estimate of drug-likeness (QED) is 0.819. The van der Waals surface area contributed by atoms with Gasteiger partial charge >= 0.3 is 0 Å². The van der Waals surface area contributed by atoms with Crippen molar-refractivity contribution < 1.29 is 8.78 Å². The second-order valence-corrected chi connectivity index (χ2v) is 4.46. The maximum Gasteiger partial charge on any atom is 0.262 e. The molecule has 14 heavy (non-hydrogen) atoms. The van der Waals surface area contributed by atoms with Gasteiger partial charge in [0.15, 0.2) is 0 Å². The van der Waals surface area contributed by atoms with Crippen LogP contribution in [-0.4, -0.2) is 12.5 Å². The van der Waals surface area contributed by atoms with Gasteiger partial charge in [-0.15, -0.1) is 0 Å². The standard InChI is InChI=1S/C10H10BrF2N/c11-8-3-1-2-7(4-8)9-5-10(12,13)6-14-9/h1-4,9,14H,5-6H2. The van der Waals surface area contributed by atoms with Crippen molar-refractivity contribution in [2.45, 2.75) is 18.4 Å². The molecule has 0 bridgehead atoms. The first-order chi connectivity index (χ1) is 6.57. The predicted molar refractivity (Wildman–Crippen MR) is 54.4 cm³/mol. The van der Waals surface area contributed by atoms with Crippen LogP contribution in [0.15, 0.2) is 28.7 Å². The summed E-state index contributed by atoms with van der Waals surface area (Å²) in [6.45, 7) is -0.218. The van der Waals surface area contributed by atoms with E-state index in [0.717, 1.165) is 10.0 Å². The molecule has 1 aliphatic rings. The maximum atomic E-state index is 12.9. The van der Waals surface area contributed by atoms with Gasteiger partial charge in [0.05, 0.1) is 6.54 Å². The van der Waals surface area contributed by atoms with E-state index < -0.39 is 5.92 Å². The van der Waals surface area contributed by atoms with E-state index in [2.05, 4.69) is 21.2 Å². The van der Waals surface area contributed by atoms with Gasteiger partial charge < -0.3 is 5.32 Å². The van der Waals surface area contributed by atoms with Crippen molar-refractivity contribution >= 4 is 15.9 Å². The Morgan fingerprint density at radius 2 is 2.21 bits per heavy atom. The summed E-state index contributed by atoms with van der Waals surface area (Å²) in [6.07, 6.45) is -0.108. The van der Waals surface area contributed by atoms with Crippen molar-refractivity contribution in [3.8, 4) is 0 Å². The van der Waals surface area contributed by atoms with Gasteiger partial charge in [0.1, 0.15) is 0 Å². The van der Waals surface area contributed by atoms with Crippen molar-refractivity contribution in [1.82, 2.24) is 5.32 Å². The Bertz CT molecular complexity index is 341. The number of rotatable bonds is 1. The lowest BCUT2D eigenvalue weighted by molar-refractivity contribution is 0.0210. The summed E-state index contributed by atoms with van der Waals surface area (Å²) >= 11 is 3.32. The van der Waals surface area contributed by atoms with Gasteiger partial charge in [0.2, 0.25) is 0 Å². The number of halogens is 3. The van der Waals surface area contributed by atoms with Gasteiger partial charge in [-0.05, 0) is 17.7 Å². The molecule has 0 aliphatic carbocycles. The molecule has 1 aromatic rings. The monoisotopic (exact) mass is 261 g/mol. The summed E-state index contributed by atoms with van der Waals surface area (Å²) in [5.41, 5.74) is 0.913. The van der Waals surface area contributed by atoms with Crippen LogP contribution in [-0.2, 0) is 0 Å². The molecule has 76 valence electrons. The lowest BCUT2D eigenvalue weighted by Crippen LogP contribution is -2.19. The molecular weight excluding hydrogens is 252 g/mol.